The predicted octanol–water partition coefficient (Wildman–Crippen LogP) is 12.8. The van der Waals surface area contributed by atoms with Crippen LogP contribution in [0.4, 0.5) is 34.5 Å². The van der Waals surface area contributed by atoms with Gasteiger partial charge in [0.2, 0.25) is 27.7 Å². The highest BCUT2D eigenvalue weighted by Crippen LogP contribution is 2.51. The van der Waals surface area contributed by atoms with E-state index in [0.29, 0.717) is 34.5 Å². The SMILES string of the molecule is CC(C)(C(=O)Nc1ccc(-c2ccnc3c2c(N)nn3CCN2CCCC2)cc1)c1ccccc1.CN1CCN(CC(C)(C)c2cc(-c3ccc(NC(=O)C4(c5ccccc5)CC4)cc3)c3c(N)nn(C)c3n2)CC1.Cn1nc(N)c2c(-c3ccc(NC(=O)C4(c5ccccc5)CC4)cc3)cc(C(C)(C)CNS(C)(=O)=O)nc21. The number of sulfonamides is 1. The molecule has 10 N–H and O–H groups in total. The maximum Gasteiger partial charge on any atom is 0.235 e. The average Bonchev–Trinajstić information content (AvgIpc) is 1.61. The minimum Gasteiger partial charge on any atom is -0.382 e. The minimum atomic E-state index is -3.36. The number of aryl methyl sites for hydroxylation is 2. The number of carbonyl (C=O) groups excluding carboxylic acids is 3. The van der Waals surface area contributed by atoms with E-state index in [0.717, 1.165) is 185 Å². The van der Waals surface area contributed by atoms with E-state index in [9.17, 15) is 22.8 Å². The maximum absolute atomic E-state index is 13.3. The average molecular weight is 1540 g/mol. The Bertz CT molecular complexity index is 5570. The number of aromatic nitrogens is 9. The van der Waals surface area contributed by atoms with Gasteiger partial charge in [0.05, 0.1) is 56.6 Å². The Morgan fingerprint density at radius 3 is 1.36 bits per heavy atom. The fourth-order valence-corrected chi connectivity index (χ4v) is 16.2. The molecule has 4 fully saturated rings. The normalized spacial score (nSPS) is 15.8. The van der Waals surface area contributed by atoms with E-state index >= 15 is 0 Å². The lowest BCUT2D eigenvalue weighted by molar-refractivity contribution is -0.120. The molecule has 2 saturated heterocycles. The van der Waals surface area contributed by atoms with Crippen molar-refractivity contribution in [2.24, 2.45) is 14.1 Å². The van der Waals surface area contributed by atoms with E-state index in [1.807, 2.05) is 209 Å². The third kappa shape index (κ3) is 17.0. The second-order valence-corrected chi connectivity index (χ2v) is 34.5. The molecule has 12 aromatic rings. The molecular weight excluding hydrogens is 1440 g/mol. The summed E-state index contributed by atoms with van der Waals surface area (Å²) >= 11 is 0. The first-order valence-electron chi connectivity index (χ1n) is 38.9. The van der Waals surface area contributed by atoms with Crippen molar-refractivity contribution in [2.75, 3.05) is 105 Å². The number of fused-ring (bicyclic) bond motifs is 3. The summed E-state index contributed by atoms with van der Waals surface area (Å²) < 4.78 is 31.4. The number of likely N-dealkylation sites (N-methyl/N-ethyl adjacent to an activating group) is 1. The number of nitrogens with one attached hydrogen (secondary N) is 4. The highest BCUT2D eigenvalue weighted by molar-refractivity contribution is 7.88. The molecule has 24 nitrogen and oxygen atoms in total. The summed E-state index contributed by atoms with van der Waals surface area (Å²) in [6.07, 6.45) is 8.91. The summed E-state index contributed by atoms with van der Waals surface area (Å²) in [5.41, 5.74) is 31.8. The van der Waals surface area contributed by atoms with Crippen molar-refractivity contribution >= 4 is 95.4 Å². The van der Waals surface area contributed by atoms with Gasteiger partial charge >= 0.3 is 0 Å². The second-order valence-electron chi connectivity index (χ2n) is 32.7. The van der Waals surface area contributed by atoms with Gasteiger partial charge in [-0.2, -0.15) is 15.3 Å². The van der Waals surface area contributed by atoms with Crippen LogP contribution in [0, 0.1) is 0 Å². The predicted molar refractivity (Wildman–Crippen MR) is 453 cm³/mol. The number of rotatable bonds is 22. The van der Waals surface area contributed by atoms with Crippen LogP contribution in [0.25, 0.3) is 66.5 Å². The standard InChI is InChI=1S/C32H39N7O.C28H32N6O3S.C28H32N6O/c1-31(2,21-39-18-16-37(3)17-19-39)26-20-25(27-28(33)36-38(4)29(27)35-26)22-10-12-24(13-11-22)34-30(40)32(14-15-32)23-8-6-5-7-9-23;1-27(2,17-30-38(4,36)37)22-16-21(23-24(29)33-34(3)25(23)32-22)18-10-12-20(13-11-18)31-26(35)28(14-15-28)19-8-6-5-7-9-19;1-28(2,21-8-4-3-5-9-21)27(35)31-22-12-10-20(11-13-22)23-14-15-30-26-24(23)25(29)32-34(26)19-18-33-16-6-7-17-33/h5-13,20H,14-19,21H2,1-4H3,(H2,33,36)(H,34,40);5-13,16,30H,14-15,17H2,1-4H3,(H2,29,33)(H,31,35);3-5,8-15H,6-7,16-19H2,1-2H3,(H2,29,32)(H,31,35). The van der Waals surface area contributed by atoms with Crippen LogP contribution in [0.15, 0.2) is 188 Å². The molecule has 25 heteroatoms. The third-order valence-corrected chi connectivity index (χ3v) is 23.6. The molecule has 0 radical (unpaired) electrons. The number of carbonyl (C=O) groups is 3. The molecule has 6 aromatic heterocycles. The van der Waals surface area contributed by atoms with E-state index in [4.69, 9.17) is 27.2 Å². The van der Waals surface area contributed by atoms with Crippen molar-refractivity contribution in [3.8, 4) is 33.4 Å². The van der Waals surface area contributed by atoms with Crippen LogP contribution in [0.1, 0.15) is 108 Å². The Morgan fingerprint density at radius 1 is 0.478 bits per heavy atom. The molecule has 586 valence electrons. The van der Waals surface area contributed by atoms with E-state index in [1.54, 1.807) is 16.4 Å². The number of hydrogen-bond acceptors (Lipinski definition) is 17. The highest BCUT2D eigenvalue weighted by Gasteiger charge is 2.52. The minimum absolute atomic E-state index is 0.00154. The molecule has 113 heavy (non-hydrogen) atoms. The smallest absolute Gasteiger partial charge is 0.235 e. The first-order valence-corrected chi connectivity index (χ1v) is 40.8. The van der Waals surface area contributed by atoms with Crippen molar-refractivity contribution in [1.82, 2.24) is 63.7 Å². The van der Waals surface area contributed by atoms with E-state index in [2.05, 4.69) is 94.7 Å². The molecule has 8 heterocycles. The lowest BCUT2D eigenvalue weighted by atomic mass is 9.83. The van der Waals surface area contributed by atoms with Gasteiger partial charge in [0.15, 0.2) is 34.4 Å². The number of amides is 3. The summed E-state index contributed by atoms with van der Waals surface area (Å²) in [5, 5.41) is 25.2. The zero-order chi connectivity index (χ0) is 79.8. The van der Waals surface area contributed by atoms with E-state index in [-0.39, 0.29) is 29.7 Å². The van der Waals surface area contributed by atoms with E-state index < -0.39 is 31.7 Å². The molecule has 2 saturated carbocycles. The third-order valence-electron chi connectivity index (χ3n) is 23.0. The van der Waals surface area contributed by atoms with E-state index in [1.165, 1.54) is 12.8 Å². The van der Waals surface area contributed by atoms with Crippen molar-refractivity contribution in [1.29, 1.82) is 0 Å². The van der Waals surface area contributed by atoms with Gasteiger partial charge in [0.25, 0.3) is 0 Å². The lowest BCUT2D eigenvalue weighted by Gasteiger charge is -2.37. The molecule has 2 aliphatic heterocycles. The Kier molecular flexibility index (Phi) is 22.0. The zero-order valence-corrected chi connectivity index (χ0v) is 67.1. The van der Waals surface area contributed by atoms with Gasteiger partial charge in [-0.3, -0.25) is 19.3 Å². The van der Waals surface area contributed by atoms with Crippen molar-refractivity contribution in [2.45, 2.75) is 114 Å². The van der Waals surface area contributed by atoms with Gasteiger partial charge in [0.1, 0.15) is 0 Å². The van der Waals surface area contributed by atoms with Crippen molar-refractivity contribution in [3.63, 3.8) is 0 Å². The molecule has 0 spiro atoms. The van der Waals surface area contributed by atoms with Crippen molar-refractivity contribution < 1.29 is 22.8 Å². The quantitative estimate of drug-likeness (QED) is 0.0332. The van der Waals surface area contributed by atoms with Crippen LogP contribution in [-0.4, -0.2) is 157 Å². The number of likely N-dealkylation sites (tertiary alicyclic amines) is 1. The topological polar surface area (TPSA) is 313 Å². The van der Waals surface area contributed by atoms with Crippen LogP contribution < -0.4 is 37.9 Å². The molecule has 16 rings (SSSR count). The fourth-order valence-electron chi connectivity index (χ4n) is 15.5. The van der Waals surface area contributed by atoms with Gasteiger partial charge in [-0.05, 0) is 177 Å². The summed E-state index contributed by atoms with van der Waals surface area (Å²) in [6, 6.07) is 59.4. The lowest BCUT2D eigenvalue weighted by Crippen LogP contribution is -2.48. The number of nitrogens with two attached hydrogens (primary N) is 3. The number of nitrogens with zero attached hydrogens (tertiary/aromatic N) is 12. The zero-order valence-electron chi connectivity index (χ0n) is 66.3. The first kappa shape index (κ1) is 78.5. The summed E-state index contributed by atoms with van der Waals surface area (Å²) in [4.78, 5) is 61.3. The molecule has 0 atom stereocenters. The number of pyridine rings is 3. The molecular formula is C88H103N19O5S. The molecule has 0 unspecified atom stereocenters. The monoisotopic (exact) mass is 1540 g/mol. The Labute approximate surface area is 661 Å². The largest absolute Gasteiger partial charge is 0.382 e. The van der Waals surface area contributed by atoms with Gasteiger partial charge in [0, 0.05) is 94.0 Å². The van der Waals surface area contributed by atoms with Crippen LogP contribution in [0.2, 0.25) is 0 Å². The molecule has 6 aromatic carbocycles. The number of benzene rings is 6. The number of hydrogen-bond donors (Lipinski definition) is 7. The summed E-state index contributed by atoms with van der Waals surface area (Å²) in [7, 11) is 2.49. The molecule has 2 aliphatic carbocycles. The molecule has 4 aliphatic rings. The summed E-state index contributed by atoms with van der Waals surface area (Å²) in [6.45, 7) is 21.7. The highest BCUT2D eigenvalue weighted by atomic mass is 32.2. The maximum atomic E-state index is 13.3. The fraction of sp³-hybridized carbons (Fsp3) is 0.352. The number of nitrogen functional groups attached to an aromatic ring is 3. The van der Waals surface area contributed by atoms with Gasteiger partial charge in [-0.15, -0.1) is 0 Å². The van der Waals surface area contributed by atoms with Gasteiger partial charge in [-0.1, -0.05) is 155 Å². The Morgan fingerprint density at radius 2 is 0.903 bits per heavy atom. The van der Waals surface area contributed by atoms with Crippen LogP contribution in [0.3, 0.4) is 0 Å². The summed E-state index contributed by atoms with van der Waals surface area (Å²) in [5.74, 6) is 1.33. The van der Waals surface area contributed by atoms with Gasteiger partial charge in [-0.25, -0.2) is 42.1 Å². The molecule has 0 bridgehead atoms. The van der Waals surface area contributed by atoms with Crippen molar-refractivity contribution in [3.05, 3.63) is 216 Å². The first-order chi connectivity index (χ1) is 54.0. The number of piperazine rings is 1. The van der Waals surface area contributed by atoms with Crippen LogP contribution in [0.5, 0.6) is 0 Å². The number of anilines is 6. The Hall–Kier alpha value is -11.2. The van der Waals surface area contributed by atoms with Crippen LogP contribution in [-0.2, 0) is 72.1 Å². The second kappa shape index (κ2) is 31.7. The molecule has 3 amide bonds. The Balaban J connectivity index is 0.000000141. The van der Waals surface area contributed by atoms with Crippen LogP contribution >= 0.6 is 0 Å². The van der Waals surface area contributed by atoms with Gasteiger partial charge < -0.3 is 43.0 Å².